The van der Waals surface area contributed by atoms with Crippen LogP contribution in [0.3, 0.4) is 0 Å². The minimum absolute atomic E-state index is 0.149. The normalized spacial score (nSPS) is 20.0. The molecule has 1 aromatic carbocycles. The molecule has 0 spiro atoms. The first-order valence-corrected chi connectivity index (χ1v) is 10.6. The Bertz CT molecular complexity index is 825. The SMILES string of the molecule is CN=C(NCCc1c(C)nn(C)c1C)NCC1CCCOC1c1ccc(C)cc1. The molecular formula is C23H35N5O. The Kier molecular flexibility index (Phi) is 7.31. The fraction of sp³-hybridized carbons (Fsp3) is 0.565. The van der Waals surface area contributed by atoms with Crippen molar-refractivity contribution in [3.05, 3.63) is 52.3 Å². The van der Waals surface area contributed by atoms with Crippen LogP contribution < -0.4 is 10.6 Å². The second kappa shape index (κ2) is 9.92. The van der Waals surface area contributed by atoms with Crippen molar-refractivity contribution in [1.29, 1.82) is 0 Å². The molecule has 3 rings (SSSR count). The summed E-state index contributed by atoms with van der Waals surface area (Å²) in [5.41, 5.74) is 6.20. The number of guanidine groups is 1. The highest BCUT2D eigenvalue weighted by Crippen LogP contribution is 2.33. The van der Waals surface area contributed by atoms with Gasteiger partial charge in [-0.15, -0.1) is 0 Å². The summed E-state index contributed by atoms with van der Waals surface area (Å²) in [6, 6.07) is 8.73. The first-order chi connectivity index (χ1) is 14.0. The van der Waals surface area contributed by atoms with Gasteiger partial charge in [0.15, 0.2) is 5.96 Å². The van der Waals surface area contributed by atoms with Gasteiger partial charge >= 0.3 is 0 Å². The van der Waals surface area contributed by atoms with E-state index in [-0.39, 0.29) is 6.10 Å². The molecule has 158 valence electrons. The molecule has 6 heteroatoms. The highest BCUT2D eigenvalue weighted by molar-refractivity contribution is 5.79. The molecule has 2 heterocycles. The lowest BCUT2D eigenvalue weighted by atomic mass is 9.89. The molecule has 1 aromatic heterocycles. The third-order valence-electron chi connectivity index (χ3n) is 5.93. The van der Waals surface area contributed by atoms with Gasteiger partial charge in [0.1, 0.15) is 0 Å². The molecule has 2 atom stereocenters. The summed E-state index contributed by atoms with van der Waals surface area (Å²) in [6.45, 7) is 8.83. The quantitative estimate of drug-likeness (QED) is 0.580. The van der Waals surface area contributed by atoms with Crippen LogP contribution in [0.1, 0.15) is 47.0 Å². The molecule has 0 aliphatic carbocycles. The van der Waals surface area contributed by atoms with E-state index < -0.39 is 0 Å². The maximum Gasteiger partial charge on any atom is 0.190 e. The van der Waals surface area contributed by atoms with Crippen LogP contribution in [0, 0.1) is 26.7 Å². The number of aromatic nitrogens is 2. The average Bonchev–Trinajstić information content (AvgIpc) is 2.97. The van der Waals surface area contributed by atoms with Crippen LogP contribution in [0.4, 0.5) is 0 Å². The molecule has 0 saturated carbocycles. The van der Waals surface area contributed by atoms with E-state index in [4.69, 9.17) is 4.74 Å². The van der Waals surface area contributed by atoms with E-state index in [1.165, 1.54) is 22.4 Å². The topological polar surface area (TPSA) is 63.5 Å². The van der Waals surface area contributed by atoms with Gasteiger partial charge in [-0.25, -0.2) is 0 Å². The van der Waals surface area contributed by atoms with Gasteiger partial charge < -0.3 is 15.4 Å². The summed E-state index contributed by atoms with van der Waals surface area (Å²) in [4.78, 5) is 4.40. The van der Waals surface area contributed by atoms with Crippen LogP contribution in [0.2, 0.25) is 0 Å². The van der Waals surface area contributed by atoms with Gasteiger partial charge in [0, 0.05) is 45.4 Å². The molecule has 6 nitrogen and oxygen atoms in total. The molecule has 2 aromatic rings. The number of benzene rings is 1. The van der Waals surface area contributed by atoms with Crippen molar-refractivity contribution in [2.75, 3.05) is 26.7 Å². The molecule has 1 aliphatic heterocycles. The van der Waals surface area contributed by atoms with Gasteiger partial charge in [-0.05, 0) is 51.2 Å². The van der Waals surface area contributed by atoms with Crippen molar-refractivity contribution >= 4 is 5.96 Å². The maximum absolute atomic E-state index is 6.14. The van der Waals surface area contributed by atoms with Gasteiger partial charge in [-0.2, -0.15) is 5.10 Å². The van der Waals surface area contributed by atoms with E-state index in [9.17, 15) is 0 Å². The third-order valence-corrected chi connectivity index (χ3v) is 5.93. The molecule has 0 amide bonds. The van der Waals surface area contributed by atoms with Gasteiger partial charge in [0.2, 0.25) is 0 Å². The smallest absolute Gasteiger partial charge is 0.190 e. The minimum atomic E-state index is 0.149. The highest BCUT2D eigenvalue weighted by atomic mass is 16.5. The van der Waals surface area contributed by atoms with Crippen LogP contribution in [0.5, 0.6) is 0 Å². The largest absolute Gasteiger partial charge is 0.373 e. The number of hydrogen-bond acceptors (Lipinski definition) is 3. The minimum Gasteiger partial charge on any atom is -0.373 e. The van der Waals surface area contributed by atoms with Gasteiger partial charge in [-0.1, -0.05) is 29.8 Å². The summed E-state index contributed by atoms with van der Waals surface area (Å²) < 4.78 is 8.09. The Labute approximate surface area is 174 Å². The second-order valence-corrected chi connectivity index (χ2v) is 8.01. The zero-order valence-corrected chi connectivity index (χ0v) is 18.5. The number of aryl methyl sites for hydroxylation is 3. The van der Waals surface area contributed by atoms with E-state index in [1.807, 2.05) is 18.8 Å². The van der Waals surface area contributed by atoms with Crippen LogP contribution >= 0.6 is 0 Å². The molecular weight excluding hydrogens is 362 g/mol. The molecule has 1 aliphatic rings. The van der Waals surface area contributed by atoms with Crippen molar-refractivity contribution < 1.29 is 4.74 Å². The summed E-state index contributed by atoms with van der Waals surface area (Å²) in [5.74, 6) is 1.28. The van der Waals surface area contributed by atoms with Crippen LogP contribution in [-0.4, -0.2) is 42.5 Å². The first kappa shape index (κ1) is 21.4. The first-order valence-electron chi connectivity index (χ1n) is 10.6. The van der Waals surface area contributed by atoms with E-state index in [0.29, 0.717) is 5.92 Å². The van der Waals surface area contributed by atoms with Crippen molar-refractivity contribution in [3.63, 3.8) is 0 Å². The number of rotatable bonds is 6. The zero-order valence-electron chi connectivity index (χ0n) is 18.5. The number of hydrogen-bond donors (Lipinski definition) is 2. The van der Waals surface area contributed by atoms with E-state index in [0.717, 1.165) is 50.6 Å². The standard InChI is InChI=1S/C23H35N5O/c1-16-8-10-19(11-9-16)22-20(7-6-14-29-22)15-26-23(24-4)25-13-12-21-17(2)27-28(5)18(21)3/h8-11,20,22H,6-7,12-15H2,1-5H3,(H2,24,25,26). The average molecular weight is 398 g/mol. The van der Waals surface area contributed by atoms with Gasteiger partial charge in [0.25, 0.3) is 0 Å². The number of ether oxygens (including phenoxy) is 1. The second-order valence-electron chi connectivity index (χ2n) is 8.01. The Balaban J connectivity index is 1.53. The zero-order chi connectivity index (χ0) is 20.8. The molecule has 0 bridgehead atoms. The summed E-state index contributed by atoms with van der Waals surface area (Å²) in [6.07, 6.45) is 3.36. The summed E-state index contributed by atoms with van der Waals surface area (Å²) >= 11 is 0. The van der Waals surface area contributed by atoms with E-state index in [2.05, 4.69) is 65.8 Å². The molecule has 2 unspecified atom stereocenters. The lowest BCUT2D eigenvalue weighted by molar-refractivity contribution is -0.0265. The van der Waals surface area contributed by atoms with Crippen molar-refractivity contribution in [1.82, 2.24) is 20.4 Å². The maximum atomic E-state index is 6.14. The number of nitrogens with zero attached hydrogens (tertiary/aromatic N) is 3. The lowest BCUT2D eigenvalue weighted by Gasteiger charge is -2.32. The number of aliphatic imine (C=N–C) groups is 1. The van der Waals surface area contributed by atoms with Crippen molar-refractivity contribution in [3.8, 4) is 0 Å². The van der Waals surface area contributed by atoms with Crippen LogP contribution in [0.15, 0.2) is 29.3 Å². The summed E-state index contributed by atoms with van der Waals surface area (Å²) in [5, 5.41) is 11.5. The van der Waals surface area contributed by atoms with E-state index in [1.54, 1.807) is 0 Å². The Hall–Kier alpha value is -2.34. The van der Waals surface area contributed by atoms with Crippen LogP contribution in [0.25, 0.3) is 0 Å². The molecule has 1 fully saturated rings. The predicted molar refractivity (Wildman–Crippen MR) is 118 cm³/mol. The Morgan fingerprint density at radius 1 is 1.21 bits per heavy atom. The monoisotopic (exact) mass is 397 g/mol. The molecule has 0 radical (unpaired) electrons. The van der Waals surface area contributed by atoms with E-state index >= 15 is 0 Å². The molecule has 2 N–H and O–H groups in total. The Morgan fingerprint density at radius 2 is 1.97 bits per heavy atom. The lowest BCUT2D eigenvalue weighted by Crippen LogP contribution is -2.42. The van der Waals surface area contributed by atoms with Crippen molar-refractivity contribution in [2.45, 2.75) is 46.1 Å². The highest BCUT2D eigenvalue weighted by Gasteiger charge is 2.27. The third kappa shape index (κ3) is 5.38. The van der Waals surface area contributed by atoms with Gasteiger partial charge in [-0.3, -0.25) is 9.67 Å². The fourth-order valence-corrected chi connectivity index (χ4v) is 4.11. The predicted octanol–water partition coefficient (Wildman–Crippen LogP) is 3.22. The number of nitrogens with one attached hydrogen (secondary N) is 2. The fourth-order valence-electron chi connectivity index (χ4n) is 4.11. The summed E-state index contributed by atoms with van der Waals surface area (Å²) in [7, 11) is 3.82. The Morgan fingerprint density at radius 3 is 2.62 bits per heavy atom. The molecule has 29 heavy (non-hydrogen) atoms. The molecule has 1 saturated heterocycles. The van der Waals surface area contributed by atoms with Crippen LogP contribution in [-0.2, 0) is 18.2 Å². The van der Waals surface area contributed by atoms with Gasteiger partial charge in [0.05, 0.1) is 11.8 Å². The van der Waals surface area contributed by atoms with Crippen molar-refractivity contribution in [2.24, 2.45) is 18.0 Å².